The first-order valence-corrected chi connectivity index (χ1v) is 6.01. The number of carbonyl (C=O) groups is 1. The Morgan fingerprint density at radius 2 is 2.05 bits per heavy atom. The van der Waals surface area contributed by atoms with Crippen molar-refractivity contribution in [2.24, 2.45) is 0 Å². The fourth-order valence-electron chi connectivity index (χ4n) is 1.54. The molecule has 1 heterocycles. The van der Waals surface area contributed by atoms with Gasteiger partial charge >= 0.3 is 0 Å². The highest BCUT2D eigenvalue weighted by molar-refractivity contribution is 6.29. The Kier molecular flexibility index (Phi) is 4.43. The summed E-state index contributed by atoms with van der Waals surface area (Å²) in [6.45, 7) is 0.335. The highest BCUT2D eigenvalue weighted by Crippen LogP contribution is 2.06. The quantitative estimate of drug-likeness (QED) is 0.889. The lowest BCUT2D eigenvalue weighted by molar-refractivity contribution is 0.0945. The number of halogens is 1. The largest absolute Gasteiger partial charge is 0.392 e. The summed E-state index contributed by atoms with van der Waals surface area (Å²) in [6.07, 6.45) is 2.64. The van der Waals surface area contributed by atoms with Gasteiger partial charge in [0, 0.05) is 6.54 Å². The molecular formula is C13H12ClN3O2. The van der Waals surface area contributed by atoms with Crippen LogP contribution in [0.15, 0.2) is 36.7 Å². The van der Waals surface area contributed by atoms with Crippen LogP contribution in [0.1, 0.15) is 21.6 Å². The van der Waals surface area contributed by atoms with E-state index in [0.717, 1.165) is 11.1 Å². The standard InChI is InChI=1S/C13H12ClN3O2/c14-12-7-15-11(6-16-12)13(19)17-5-9-2-1-3-10(4-9)8-18/h1-4,6-7,18H,5,8H2,(H,17,19). The molecule has 0 radical (unpaired) electrons. The van der Waals surface area contributed by atoms with Crippen LogP contribution in [0.5, 0.6) is 0 Å². The summed E-state index contributed by atoms with van der Waals surface area (Å²) in [5.74, 6) is -0.321. The summed E-state index contributed by atoms with van der Waals surface area (Å²) >= 11 is 5.59. The van der Waals surface area contributed by atoms with Gasteiger partial charge in [0.1, 0.15) is 10.8 Å². The summed E-state index contributed by atoms with van der Waals surface area (Å²) < 4.78 is 0. The third-order valence-corrected chi connectivity index (χ3v) is 2.68. The topological polar surface area (TPSA) is 75.1 Å². The van der Waals surface area contributed by atoms with Gasteiger partial charge in [-0.25, -0.2) is 9.97 Å². The third kappa shape index (κ3) is 3.74. The second kappa shape index (κ2) is 6.26. The molecule has 0 saturated carbocycles. The molecule has 0 aliphatic rings. The van der Waals surface area contributed by atoms with E-state index < -0.39 is 0 Å². The maximum atomic E-state index is 11.8. The van der Waals surface area contributed by atoms with E-state index in [4.69, 9.17) is 16.7 Å². The predicted molar refractivity (Wildman–Crippen MR) is 70.6 cm³/mol. The molecule has 2 N–H and O–H groups in total. The van der Waals surface area contributed by atoms with Crippen LogP contribution < -0.4 is 5.32 Å². The Morgan fingerprint density at radius 1 is 1.26 bits per heavy atom. The summed E-state index contributed by atoms with van der Waals surface area (Å²) in [7, 11) is 0. The van der Waals surface area contributed by atoms with Gasteiger partial charge in [-0.15, -0.1) is 0 Å². The number of benzene rings is 1. The molecule has 0 unspecified atom stereocenters. The second-order valence-electron chi connectivity index (χ2n) is 3.89. The molecule has 0 fully saturated rings. The molecule has 0 aliphatic heterocycles. The smallest absolute Gasteiger partial charge is 0.271 e. The summed E-state index contributed by atoms with van der Waals surface area (Å²) in [6, 6.07) is 7.34. The molecule has 19 heavy (non-hydrogen) atoms. The van der Waals surface area contributed by atoms with E-state index in [0.29, 0.717) is 6.54 Å². The van der Waals surface area contributed by atoms with Crippen LogP contribution in [0.3, 0.4) is 0 Å². The SMILES string of the molecule is O=C(NCc1cccc(CO)c1)c1cnc(Cl)cn1. The molecule has 1 aromatic heterocycles. The average molecular weight is 278 g/mol. The molecule has 1 amide bonds. The van der Waals surface area contributed by atoms with E-state index in [-0.39, 0.29) is 23.4 Å². The van der Waals surface area contributed by atoms with E-state index in [1.165, 1.54) is 12.4 Å². The van der Waals surface area contributed by atoms with Crippen molar-refractivity contribution in [3.63, 3.8) is 0 Å². The monoisotopic (exact) mass is 277 g/mol. The molecule has 1 aromatic carbocycles. The molecule has 0 aliphatic carbocycles. The third-order valence-electron chi connectivity index (χ3n) is 2.48. The van der Waals surface area contributed by atoms with Crippen LogP contribution in [0.4, 0.5) is 0 Å². The number of hydrogen-bond acceptors (Lipinski definition) is 4. The number of rotatable bonds is 4. The first-order chi connectivity index (χ1) is 9.19. The van der Waals surface area contributed by atoms with Crippen molar-refractivity contribution in [3.8, 4) is 0 Å². The molecule has 5 nitrogen and oxygen atoms in total. The number of hydrogen-bond donors (Lipinski definition) is 2. The van der Waals surface area contributed by atoms with Crippen LogP contribution in [-0.2, 0) is 13.2 Å². The highest BCUT2D eigenvalue weighted by Gasteiger charge is 2.07. The number of carbonyl (C=O) groups excluding carboxylic acids is 1. The summed E-state index contributed by atoms with van der Waals surface area (Å²) in [5, 5.41) is 12.0. The van der Waals surface area contributed by atoms with E-state index in [9.17, 15) is 4.79 Å². The van der Waals surface area contributed by atoms with Crippen molar-refractivity contribution in [3.05, 3.63) is 58.6 Å². The number of nitrogens with one attached hydrogen (secondary N) is 1. The summed E-state index contributed by atoms with van der Waals surface area (Å²) in [5.41, 5.74) is 1.92. The zero-order valence-electron chi connectivity index (χ0n) is 10.0. The highest BCUT2D eigenvalue weighted by atomic mass is 35.5. The number of aromatic nitrogens is 2. The molecular weight excluding hydrogens is 266 g/mol. The molecule has 6 heteroatoms. The van der Waals surface area contributed by atoms with Gasteiger partial charge in [-0.2, -0.15) is 0 Å². The molecule has 0 bridgehead atoms. The van der Waals surface area contributed by atoms with Crippen molar-refractivity contribution in [2.45, 2.75) is 13.2 Å². The molecule has 0 atom stereocenters. The lowest BCUT2D eigenvalue weighted by atomic mass is 10.1. The Morgan fingerprint density at radius 3 is 2.74 bits per heavy atom. The molecule has 2 aromatic rings. The van der Waals surface area contributed by atoms with Crippen LogP contribution in [0, 0.1) is 0 Å². The van der Waals surface area contributed by atoms with Crippen LogP contribution >= 0.6 is 11.6 Å². The lowest BCUT2D eigenvalue weighted by Crippen LogP contribution is -2.24. The Balaban J connectivity index is 1.98. The van der Waals surface area contributed by atoms with Crippen molar-refractivity contribution < 1.29 is 9.90 Å². The van der Waals surface area contributed by atoms with Gasteiger partial charge in [0.05, 0.1) is 19.0 Å². The van der Waals surface area contributed by atoms with E-state index >= 15 is 0 Å². The normalized spacial score (nSPS) is 10.2. The Hall–Kier alpha value is -1.98. The van der Waals surface area contributed by atoms with Crippen molar-refractivity contribution in [2.75, 3.05) is 0 Å². The minimum atomic E-state index is -0.321. The molecule has 0 saturated heterocycles. The Bertz CT molecular complexity index is 572. The molecule has 98 valence electrons. The average Bonchev–Trinajstić information content (AvgIpc) is 2.46. The van der Waals surface area contributed by atoms with Crippen LogP contribution in [-0.4, -0.2) is 21.0 Å². The predicted octanol–water partition coefficient (Wildman–Crippen LogP) is 1.55. The maximum Gasteiger partial charge on any atom is 0.271 e. The molecule has 0 spiro atoms. The van der Waals surface area contributed by atoms with E-state index in [2.05, 4.69) is 15.3 Å². The van der Waals surface area contributed by atoms with Crippen molar-refractivity contribution in [1.82, 2.24) is 15.3 Å². The zero-order chi connectivity index (χ0) is 13.7. The van der Waals surface area contributed by atoms with Gasteiger partial charge in [0.15, 0.2) is 0 Å². The molecule has 2 rings (SSSR count). The van der Waals surface area contributed by atoms with Crippen molar-refractivity contribution >= 4 is 17.5 Å². The second-order valence-corrected chi connectivity index (χ2v) is 4.27. The minimum Gasteiger partial charge on any atom is -0.392 e. The number of amides is 1. The van der Waals surface area contributed by atoms with Crippen molar-refractivity contribution in [1.29, 1.82) is 0 Å². The first-order valence-electron chi connectivity index (χ1n) is 5.63. The Labute approximate surface area is 115 Å². The van der Waals surface area contributed by atoms with Gasteiger partial charge in [0.2, 0.25) is 0 Å². The van der Waals surface area contributed by atoms with E-state index in [1.807, 2.05) is 24.3 Å². The fourth-order valence-corrected chi connectivity index (χ4v) is 1.64. The number of aliphatic hydroxyl groups excluding tert-OH is 1. The number of aliphatic hydroxyl groups is 1. The van der Waals surface area contributed by atoms with E-state index in [1.54, 1.807) is 0 Å². The van der Waals surface area contributed by atoms with Gasteiger partial charge in [0.25, 0.3) is 5.91 Å². The van der Waals surface area contributed by atoms with Crippen LogP contribution in [0.25, 0.3) is 0 Å². The fraction of sp³-hybridized carbons (Fsp3) is 0.154. The number of nitrogens with zero attached hydrogens (tertiary/aromatic N) is 2. The maximum absolute atomic E-state index is 11.8. The van der Waals surface area contributed by atoms with Gasteiger partial charge in [-0.05, 0) is 11.1 Å². The first kappa shape index (κ1) is 13.5. The van der Waals surface area contributed by atoms with Gasteiger partial charge < -0.3 is 10.4 Å². The van der Waals surface area contributed by atoms with Crippen LogP contribution in [0.2, 0.25) is 5.15 Å². The van der Waals surface area contributed by atoms with Gasteiger partial charge in [-0.3, -0.25) is 4.79 Å². The lowest BCUT2D eigenvalue weighted by Gasteiger charge is -2.06. The minimum absolute atomic E-state index is 0.0234. The van der Waals surface area contributed by atoms with Gasteiger partial charge in [-0.1, -0.05) is 35.9 Å². The zero-order valence-corrected chi connectivity index (χ0v) is 10.8. The summed E-state index contributed by atoms with van der Waals surface area (Å²) in [4.78, 5) is 19.4.